The number of nitrogens with one attached hydrogen (secondary N) is 1. The fraction of sp³-hybridized carbons (Fsp3) is 0.333. The van der Waals surface area contributed by atoms with Crippen molar-refractivity contribution < 1.29 is 4.42 Å². The zero-order valence-corrected chi connectivity index (χ0v) is 10.7. The van der Waals surface area contributed by atoms with Crippen LogP contribution in [0.5, 0.6) is 0 Å². The summed E-state index contributed by atoms with van der Waals surface area (Å²) in [5, 5.41) is 2.64. The van der Waals surface area contributed by atoms with Gasteiger partial charge in [0, 0.05) is 41.5 Å². The summed E-state index contributed by atoms with van der Waals surface area (Å²) in [7, 11) is 2.18. The summed E-state index contributed by atoms with van der Waals surface area (Å²) in [6.45, 7) is 4.28. The molecule has 3 heterocycles. The molecule has 92 valence electrons. The van der Waals surface area contributed by atoms with Gasteiger partial charge < -0.3 is 14.3 Å². The molecule has 0 saturated heterocycles. The molecular formula is C15H16N2O. The maximum atomic E-state index is 5.62. The van der Waals surface area contributed by atoms with Crippen molar-refractivity contribution in [2.75, 3.05) is 13.6 Å². The Labute approximate surface area is 105 Å². The first kappa shape index (κ1) is 10.2. The zero-order chi connectivity index (χ0) is 12.3. The Kier molecular flexibility index (Phi) is 1.92. The summed E-state index contributed by atoms with van der Waals surface area (Å²) in [6.07, 6.45) is 2.97. The van der Waals surface area contributed by atoms with Gasteiger partial charge in [-0.1, -0.05) is 0 Å². The Morgan fingerprint density at radius 3 is 3.06 bits per heavy atom. The van der Waals surface area contributed by atoms with E-state index in [2.05, 4.69) is 36.0 Å². The minimum Gasteiger partial charge on any atom is -0.464 e. The van der Waals surface area contributed by atoms with E-state index in [4.69, 9.17) is 4.42 Å². The summed E-state index contributed by atoms with van der Waals surface area (Å²) in [4.78, 5) is 5.96. The highest BCUT2D eigenvalue weighted by Crippen LogP contribution is 2.35. The van der Waals surface area contributed by atoms with Crippen molar-refractivity contribution in [3.8, 4) is 0 Å². The number of likely N-dealkylation sites (N-methyl/N-ethyl adjacent to an activating group) is 1. The van der Waals surface area contributed by atoms with E-state index in [1.165, 1.54) is 33.1 Å². The molecule has 0 atom stereocenters. The summed E-state index contributed by atoms with van der Waals surface area (Å²) < 4.78 is 5.62. The number of H-pyrrole nitrogens is 1. The maximum absolute atomic E-state index is 5.62. The van der Waals surface area contributed by atoms with Gasteiger partial charge >= 0.3 is 0 Å². The van der Waals surface area contributed by atoms with Gasteiger partial charge in [-0.2, -0.15) is 0 Å². The normalized spacial score (nSPS) is 16.6. The van der Waals surface area contributed by atoms with Gasteiger partial charge in [0.15, 0.2) is 0 Å². The number of furan rings is 1. The lowest BCUT2D eigenvalue weighted by Crippen LogP contribution is -2.26. The molecule has 0 fully saturated rings. The highest BCUT2D eigenvalue weighted by atomic mass is 16.3. The molecular weight excluding hydrogens is 224 g/mol. The van der Waals surface area contributed by atoms with Crippen LogP contribution in [0.3, 0.4) is 0 Å². The lowest BCUT2D eigenvalue weighted by molar-refractivity contribution is 0.313. The summed E-state index contributed by atoms with van der Waals surface area (Å²) >= 11 is 0. The molecule has 0 radical (unpaired) electrons. The van der Waals surface area contributed by atoms with Crippen molar-refractivity contribution in [1.29, 1.82) is 0 Å². The second kappa shape index (κ2) is 3.39. The van der Waals surface area contributed by atoms with E-state index in [1.807, 2.05) is 6.26 Å². The Hall–Kier alpha value is -1.74. The molecule has 0 unspecified atom stereocenters. The van der Waals surface area contributed by atoms with Gasteiger partial charge in [-0.25, -0.2) is 0 Å². The molecule has 2 aromatic heterocycles. The number of benzene rings is 1. The first-order chi connectivity index (χ1) is 8.74. The predicted octanol–water partition coefficient (Wildman–Crippen LogP) is 3.21. The minimum atomic E-state index is 0.995. The van der Waals surface area contributed by atoms with E-state index in [0.717, 1.165) is 25.1 Å². The summed E-state index contributed by atoms with van der Waals surface area (Å²) in [6, 6.07) is 4.20. The molecule has 0 amide bonds. The smallest absolute Gasteiger partial charge is 0.134 e. The number of hydrogen-bond donors (Lipinski definition) is 1. The van der Waals surface area contributed by atoms with Crippen LogP contribution in [0.15, 0.2) is 22.8 Å². The van der Waals surface area contributed by atoms with Gasteiger partial charge in [0.25, 0.3) is 0 Å². The van der Waals surface area contributed by atoms with Crippen LogP contribution in [0.25, 0.3) is 21.9 Å². The SMILES string of the molecule is Cc1coc2ccc3[nH]c4c(c3c12)CN(C)CC4. The average molecular weight is 240 g/mol. The van der Waals surface area contributed by atoms with Crippen LogP contribution in [0.1, 0.15) is 16.8 Å². The monoisotopic (exact) mass is 240 g/mol. The van der Waals surface area contributed by atoms with Gasteiger partial charge in [0.1, 0.15) is 5.58 Å². The number of hydrogen-bond acceptors (Lipinski definition) is 2. The van der Waals surface area contributed by atoms with Crippen LogP contribution >= 0.6 is 0 Å². The van der Waals surface area contributed by atoms with Gasteiger partial charge in [-0.05, 0) is 37.2 Å². The van der Waals surface area contributed by atoms with E-state index in [1.54, 1.807) is 0 Å². The molecule has 18 heavy (non-hydrogen) atoms. The van der Waals surface area contributed by atoms with Crippen molar-refractivity contribution in [1.82, 2.24) is 9.88 Å². The zero-order valence-electron chi connectivity index (χ0n) is 10.7. The van der Waals surface area contributed by atoms with Crippen molar-refractivity contribution in [3.63, 3.8) is 0 Å². The Balaban J connectivity index is 2.16. The van der Waals surface area contributed by atoms with Gasteiger partial charge in [-0.3, -0.25) is 0 Å². The third-order valence-electron chi connectivity index (χ3n) is 4.05. The second-order valence-corrected chi connectivity index (χ2v) is 5.35. The highest BCUT2D eigenvalue weighted by Gasteiger charge is 2.21. The molecule has 3 nitrogen and oxygen atoms in total. The molecule has 0 bridgehead atoms. The van der Waals surface area contributed by atoms with E-state index < -0.39 is 0 Å². The molecule has 1 aliphatic rings. The van der Waals surface area contributed by atoms with Crippen LogP contribution in [0.4, 0.5) is 0 Å². The number of aromatic amines is 1. The topological polar surface area (TPSA) is 32.2 Å². The lowest BCUT2D eigenvalue weighted by Gasteiger charge is -2.22. The molecule has 0 saturated carbocycles. The van der Waals surface area contributed by atoms with Crippen LogP contribution < -0.4 is 0 Å². The quantitative estimate of drug-likeness (QED) is 0.654. The molecule has 0 aliphatic carbocycles. The highest BCUT2D eigenvalue weighted by molar-refractivity contribution is 6.08. The molecule has 4 rings (SSSR count). The van der Waals surface area contributed by atoms with E-state index >= 15 is 0 Å². The van der Waals surface area contributed by atoms with Crippen molar-refractivity contribution in [3.05, 3.63) is 35.2 Å². The van der Waals surface area contributed by atoms with E-state index in [9.17, 15) is 0 Å². The maximum Gasteiger partial charge on any atom is 0.134 e. The fourth-order valence-corrected chi connectivity index (χ4v) is 3.13. The van der Waals surface area contributed by atoms with Crippen molar-refractivity contribution in [2.24, 2.45) is 0 Å². The fourth-order valence-electron chi connectivity index (χ4n) is 3.13. The molecule has 1 aromatic carbocycles. The third-order valence-corrected chi connectivity index (χ3v) is 4.05. The molecule has 1 N–H and O–H groups in total. The second-order valence-electron chi connectivity index (χ2n) is 5.35. The number of fused-ring (bicyclic) bond motifs is 5. The van der Waals surface area contributed by atoms with Crippen LogP contribution in [-0.2, 0) is 13.0 Å². The van der Waals surface area contributed by atoms with Gasteiger partial charge in [-0.15, -0.1) is 0 Å². The van der Waals surface area contributed by atoms with Crippen LogP contribution in [0.2, 0.25) is 0 Å². The Morgan fingerprint density at radius 2 is 2.17 bits per heavy atom. The number of aromatic nitrogens is 1. The third kappa shape index (κ3) is 1.22. The van der Waals surface area contributed by atoms with E-state index in [-0.39, 0.29) is 0 Å². The largest absolute Gasteiger partial charge is 0.464 e. The average Bonchev–Trinajstić information content (AvgIpc) is 2.90. The number of rotatable bonds is 0. The lowest BCUT2D eigenvalue weighted by atomic mass is 10.0. The molecule has 0 spiro atoms. The van der Waals surface area contributed by atoms with E-state index in [0.29, 0.717) is 0 Å². The minimum absolute atomic E-state index is 0.995. The first-order valence-corrected chi connectivity index (χ1v) is 6.43. The summed E-state index contributed by atoms with van der Waals surface area (Å²) in [5.74, 6) is 0. The molecule has 3 heteroatoms. The number of nitrogens with zero attached hydrogens (tertiary/aromatic N) is 1. The van der Waals surface area contributed by atoms with Crippen molar-refractivity contribution >= 4 is 21.9 Å². The standard InChI is InChI=1S/C15H16N2O/c1-9-8-18-13-4-3-12-15(14(9)13)10-7-17(2)6-5-11(10)16-12/h3-4,8,16H,5-7H2,1-2H3. The van der Waals surface area contributed by atoms with Crippen LogP contribution in [-0.4, -0.2) is 23.5 Å². The van der Waals surface area contributed by atoms with Gasteiger partial charge in [0.05, 0.1) is 6.26 Å². The Morgan fingerprint density at radius 1 is 1.28 bits per heavy atom. The predicted molar refractivity (Wildman–Crippen MR) is 72.8 cm³/mol. The van der Waals surface area contributed by atoms with Crippen LogP contribution in [0, 0.1) is 6.92 Å². The van der Waals surface area contributed by atoms with Gasteiger partial charge in [0.2, 0.25) is 0 Å². The summed E-state index contributed by atoms with van der Waals surface area (Å²) in [5.41, 5.74) is 6.32. The Bertz CT molecular complexity index is 751. The number of aryl methyl sites for hydroxylation is 1. The van der Waals surface area contributed by atoms with Crippen molar-refractivity contribution in [2.45, 2.75) is 19.9 Å². The first-order valence-electron chi connectivity index (χ1n) is 6.43. The molecule has 3 aromatic rings. The molecule has 1 aliphatic heterocycles.